The molecule has 1 aliphatic heterocycles. The molecule has 3 rings (SSSR count). The standard InChI is InChI=1S/C12H15N5O.ClH/c1-3-13-4-2-9(1)7-11-16-12(17-18-11)10-8-14-5-6-15-10;/h5-6,8-9,13H,1-4,7H2;1H. The lowest BCUT2D eigenvalue weighted by molar-refractivity contribution is 0.313. The summed E-state index contributed by atoms with van der Waals surface area (Å²) < 4.78 is 5.27. The van der Waals surface area contributed by atoms with E-state index in [1.807, 2.05) is 0 Å². The van der Waals surface area contributed by atoms with Gasteiger partial charge in [0.25, 0.3) is 0 Å². The molecule has 2 aromatic heterocycles. The molecule has 0 saturated carbocycles. The second kappa shape index (κ2) is 6.58. The van der Waals surface area contributed by atoms with Gasteiger partial charge in [-0.25, -0.2) is 4.98 Å². The first-order chi connectivity index (χ1) is 8.92. The SMILES string of the molecule is Cl.c1cnc(-c2noc(CC3CCNCC3)n2)cn1. The van der Waals surface area contributed by atoms with Crippen LogP contribution in [0.4, 0.5) is 0 Å². The van der Waals surface area contributed by atoms with E-state index in [2.05, 4.69) is 25.4 Å². The molecule has 3 heterocycles. The molecule has 0 aromatic carbocycles. The summed E-state index contributed by atoms with van der Waals surface area (Å²) in [6.07, 6.45) is 8.08. The van der Waals surface area contributed by atoms with Crippen LogP contribution < -0.4 is 5.32 Å². The molecule has 6 nitrogen and oxygen atoms in total. The van der Waals surface area contributed by atoms with Crippen LogP contribution in [0.15, 0.2) is 23.1 Å². The van der Waals surface area contributed by atoms with E-state index < -0.39 is 0 Å². The van der Waals surface area contributed by atoms with Crippen molar-refractivity contribution in [1.82, 2.24) is 25.4 Å². The van der Waals surface area contributed by atoms with Gasteiger partial charge in [-0.2, -0.15) is 4.98 Å². The largest absolute Gasteiger partial charge is 0.339 e. The fourth-order valence-corrected chi connectivity index (χ4v) is 2.19. The Morgan fingerprint density at radius 3 is 2.84 bits per heavy atom. The maximum absolute atomic E-state index is 5.27. The second-order valence-electron chi connectivity index (χ2n) is 4.50. The first-order valence-electron chi connectivity index (χ1n) is 6.21. The van der Waals surface area contributed by atoms with Gasteiger partial charge in [0.1, 0.15) is 5.69 Å². The number of nitrogens with zero attached hydrogens (tertiary/aromatic N) is 4. The topological polar surface area (TPSA) is 76.7 Å². The maximum Gasteiger partial charge on any atom is 0.227 e. The fourth-order valence-electron chi connectivity index (χ4n) is 2.19. The quantitative estimate of drug-likeness (QED) is 0.918. The second-order valence-corrected chi connectivity index (χ2v) is 4.50. The molecule has 1 saturated heterocycles. The summed E-state index contributed by atoms with van der Waals surface area (Å²) in [7, 11) is 0. The molecule has 0 bridgehead atoms. The molecule has 1 N–H and O–H groups in total. The van der Waals surface area contributed by atoms with Crippen LogP contribution in [0.2, 0.25) is 0 Å². The molecule has 2 aromatic rings. The highest BCUT2D eigenvalue weighted by Crippen LogP contribution is 2.18. The van der Waals surface area contributed by atoms with E-state index in [1.165, 1.54) is 12.8 Å². The monoisotopic (exact) mass is 281 g/mol. The third-order valence-corrected chi connectivity index (χ3v) is 3.18. The number of halogens is 1. The Bertz CT molecular complexity index is 498. The van der Waals surface area contributed by atoms with Gasteiger partial charge in [-0.15, -0.1) is 12.4 Å². The zero-order valence-electron chi connectivity index (χ0n) is 10.5. The lowest BCUT2D eigenvalue weighted by Crippen LogP contribution is -2.28. The number of piperidine rings is 1. The molecule has 7 heteroatoms. The minimum atomic E-state index is 0. The lowest BCUT2D eigenvalue weighted by atomic mass is 9.95. The first-order valence-corrected chi connectivity index (χ1v) is 6.21. The number of hydrogen-bond acceptors (Lipinski definition) is 6. The van der Waals surface area contributed by atoms with Crippen LogP contribution in [0.5, 0.6) is 0 Å². The van der Waals surface area contributed by atoms with Crippen molar-refractivity contribution >= 4 is 12.4 Å². The van der Waals surface area contributed by atoms with Crippen LogP contribution in [0.1, 0.15) is 18.7 Å². The summed E-state index contributed by atoms with van der Waals surface area (Å²) in [5.74, 6) is 1.86. The van der Waals surface area contributed by atoms with Crippen molar-refractivity contribution in [3.8, 4) is 11.5 Å². The minimum absolute atomic E-state index is 0. The van der Waals surface area contributed by atoms with Gasteiger partial charge < -0.3 is 9.84 Å². The Hall–Kier alpha value is -1.53. The number of aromatic nitrogens is 4. The van der Waals surface area contributed by atoms with E-state index in [0.29, 0.717) is 23.3 Å². The predicted octanol–water partition coefficient (Wildman–Crippen LogP) is 1.49. The number of hydrogen-bond donors (Lipinski definition) is 1. The van der Waals surface area contributed by atoms with E-state index in [9.17, 15) is 0 Å². The van der Waals surface area contributed by atoms with Crippen molar-refractivity contribution in [2.24, 2.45) is 5.92 Å². The number of rotatable bonds is 3. The third kappa shape index (κ3) is 3.48. The lowest BCUT2D eigenvalue weighted by Gasteiger charge is -2.20. The molecular formula is C12H16ClN5O. The molecule has 0 unspecified atom stereocenters. The van der Waals surface area contributed by atoms with Gasteiger partial charge in [0.15, 0.2) is 0 Å². The summed E-state index contributed by atoms with van der Waals surface area (Å²) in [6.45, 7) is 2.16. The summed E-state index contributed by atoms with van der Waals surface area (Å²) in [6, 6.07) is 0. The maximum atomic E-state index is 5.27. The Morgan fingerprint density at radius 1 is 1.26 bits per heavy atom. The van der Waals surface area contributed by atoms with Gasteiger partial charge in [-0.3, -0.25) is 4.98 Å². The molecule has 0 atom stereocenters. The van der Waals surface area contributed by atoms with Gasteiger partial charge >= 0.3 is 0 Å². The smallest absolute Gasteiger partial charge is 0.227 e. The molecule has 0 spiro atoms. The van der Waals surface area contributed by atoms with Crippen LogP contribution in [-0.2, 0) is 6.42 Å². The highest BCUT2D eigenvalue weighted by molar-refractivity contribution is 5.85. The van der Waals surface area contributed by atoms with Crippen LogP contribution in [0.3, 0.4) is 0 Å². The van der Waals surface area contributed by atoms with E-state index in [1.54, 1.807) is 18.6 Å². The normalized spacial score (nSPS) is 16.0. The van der Waals surface area contributed by atoms with E-state index in [0.717, 1.165) is 19.5 Å². The van der Waals surface area contributed by atoms with Crippen molar-refractivity contribution in [2.45, 2.75) is 19.3 Å². The highest BCUT2D eigenvalue weighted by atomic mass is 35.5. The van der Waals surface area contributed by atoms with Gasteiger partial charge in [-0.05, 0) is 31.8 Å². The van der Waals surface area contributed by atoms with Crippen LogP contribution >= 0.6 is 12.4 Å². The third-order valence-electron chi connectivity index (χ3n) is 3.18. The molecule has 1 aliphatic rings. The number of nitrogens with one attached hydrogen (secondary N) is 1. The Balaban J connectivity index is 0.00000133. The van der Waals surface area contributed by atoms with Crippen LogP contribution in [0, 0.1) is 5.92 Å². The Kier molecular flexibility index (Phi) is 4.81. The summed E-state index contributed by atoms with van der Waals surface area (Å²) in [4.78, 5) is 12.5. The molecule has 19 heavy (non-hydrogen) atoms. The first kappa shape index (κ1) is 13.9. The predicted molar refractivity (Wildman–Crippen MR) is 71.9 cm³/mol. The molecule has 102 valence electrons. The minimum Gasteiger partial charge on any atom is -0.339 e. The average Bonchev–Trinajstić information content (AvgIpc) is 2.89. The Labute approximate surface area is 117 Å². The molecule has 0 amide bonds. The van der Waals surface area contributed by atoms with Gasteiger partial charge in [0, 0.05) is 18.8 Å². The van der Waals surface area contributed by atoms with E-state index >= 15 is 0 Å². The average molecular weight is 282 g/mol. The van der Waals surface area contributed by atoms with E-state index in [-0.39, 0.29) is 12.4 Å². The Morgan fingerprint density at radius 2 is 2.11 bits per heavy atom. The van der Waals surface area contributed by atoms with Crippen molar-refractivity contribution in [2.75, 3.05) is 13.1 Å². The van der Waals surface area contributed by atoms with Crippen molar-refractivity contribution in [3.63, 3.8) is 0 Å². The molecule has 0 radical (unpaired) electrons. The fraction of sp³-hybridized carbons (Fsp3) is 0.500. The molecule has 1 fully saturated rings. The van der Waals surface area contributed by atoms with Gasteiger partial charge in [-0.1, -0.05) is 5.16 Å². The molecular weight excluding hydrogens is 266 g/mol. The summed E-state index contributed by atoms with van der Waals surface area (Å²) in [5.41, 5.74) is 0.651. The van der Waals surface area contributed by atoms with Gasteiger partial charge in [0.05, 0.1) is 6.20 Å². The van der Waals surface area contributed by atoms with E-state index in [4.69, 9.17) is 4.52 Å². The highest BCUT2D eigenvalue weighted by Gasteiger charge is 2.17. The van der Waals surface area contributed by atoms with Crippen LogP contribution in [0.25, 0.3) is 11.5 Å². The zero-order chi connectivity index (χ0) is 12.2. The van der Waals surface area contributed by atoms with Crippen molar-refractivity contribution < 1.29 is 4.52 Å². The van der Waals surface area contributed by atoms with Crippen molar-refractivity contribution in [3.05, 3.63) is 24.5 Å². The summed E-state index contributed by atoms with van der Waals surface area (Å²) >= 11 is 0. The summed E-state index contributed by atoms with van der Waals surface area (Å²) in [5, 5.41) is 7.29. The van der Waals surface area contributed by atoms with Crippen molar-refractivity contribution in [1.29, 1.82) is 0 Å². The van der Waals surface area contributed by atoms with Crippen LogP contribution in [-0.4, -0.2) is 33.2 Å². The zero-order valence-corrected chi connectivity index (χ0v) is 11.3. The van der Waals surface area contributed by atoms with Gasteiger partial charge in [0.2, 0.25) is 11.7 Å². The molecule has 0 aliphatic carbocycles.